The van der Waals surface area contributed by atoms with E-state index < -0.39 is 4.92 Å². The number of thioether (sulfide) groups is 1. The minimum atomic E-state index is -0.434. The van der Waals surface area contributed by atoms with Gasteiger partial charge in [0.25, 0.3) is 0 Å². The summed E-state index contributed by atoms with van der Waals surface area (Å²) in [6.45, 7) is -0.0160. The summed E-state index contributed by atoms with van der Waals surface area (Å²) in [5.41, 5.74) is 0.887. The molecule has 0 aliphatic carbocycles. The quantitative estimate of drug-likeness (QED) is 0.206. The minimum Gasteiger partial charge on any atom is -0.460 e. The molecular weight excluding hydrogens is 350 g/mol. The second-order valence-corrected chi connectivity index (χ2v) is 6.62. The predicted octanol–water partition coefficient (Wildman–Crippen LogP) is 4.96. The molecule has 0 aliphatic rings. The van der Waals surface area contributed by atoms with Gasteiger partial charge in [-0.15, -0.1) is 11.8 Å². The summed E-state index contributed by atoms with van der Waals surface area (Å²) in [5.74, 6) is 1.15. The van der Waals surface area contributed by atoms with Crippen LogP contribution in [0.5, 0.6) is 5.75 Å². The summed E-state index contributed by atoms with van der Waals surface area (Å²) in [6.07, 6.45) is 1.69. The van der Waals surface area contributed by atoms with Gasteiger partial charge in [0.1, 0.15) is 0 Å². The highest BCUT2D eigenvalue weighted by molar-refractivity contribution is 7.99. The average Bonchev–Trinajstić information content (AvgIpc) is 2.58. The van der Waals surface area contributed by atoms with Crippen LogP contribution in [-0.2, 0) is 11.2 Å². The molecule has 0 heterocycles. The monoisotopic (exact) mass is 367 g/mol. The lowest BCUT2D eigenvalue weighted by Gasteiger charge is -2.07. The SMILES string of the molecule is COCOc1ccc(CCCSc2ccc(Cl)cc2)cc1[N+](=O)[O-]. The Kier molecular flexibility index (Phi) is 7.36. The molecule has 0 N–H and O–H groups in total. The molecule has 0 aromatic heterocycles. The molecule has 0 unspecified atom stereocenters. The van der Waals surface area contributed by atoms with E-state index in [1.165, 1.54) is 7.11 Å². The molecule has 24 heavy (non-hydrogen) atoms. The highest BCUT2D eigenvalue weighted by atomic mass is 35.5. The van der Waals surface area contributed by atoms with Crippen LogP contribution in [0.4, 0.5) is 5.69 Å². The van der Waals surface area contributed by atoms with Gasteiger partial charge in [0.15, 0.2) is 12.5 Å². The number of hydrogen-bond donors (Lipinski definition) is 0. The summed E-state index contributed by atoms with van der Waals surface area (Å²) in [5, 5.41) is 11.9. The Balaban J connectivity index is 1.88. The van der Waals surface area contributed by atoms with Crippen molar-refractivity contribution in [3.05, 3.63) is 63.2 Å². The zero-order valence-electron chi connectivity index (χ0n) is 13.2. The van der Waals surface area contributed by atoms with Crippen LogP contribution in [-0.4, -0.2) is 24.6 Å². The summed E-state index contributed by atoms with van der Waals surface area (Å²) in [4.78, 5) is 11.9. The molecule has 0 radical (unpaired) electrons. The highest BCUT2D eigenvalue weighted by Crippen LogP contribution is 2.29. The second-order valence-electron chi connectivity index (χ2n) is 5.02. The van der Waals surface area contributed by atoms with Crippen molar-refractivity contribution in [1.82, 2.24) is 0 Å². The fourth-order valence-corrected chi connectivity index (χ4v) is 3.08. The maximum absolute atomic E-state index is 11.1. The highest BCUT2D eigenvalue weighted by Gasteiger charge is 2.15. The van der Waals surface area contributed by atoms with Gasteiger partial charge in [-0.2, -0.15) is 0 Å². The van der Waals surface area contributed by atoms with Crippen LogP contribution in [0, 0.1) is 10.1 Å². The van der Waals surface area contributed by atoms with E-state index in [0.717, 1.165) is 34.1 Å². The molecule has 2 aromatic rings. The van der Waals surface area contributed by atoms with Crippen molar-refractivity contribution in [3.8, 4) is 5.75 Å². The van der Waals surface area contributed by atoms with Crippen molar-refractivity contribution in [2.24, 2.45) is 0 Å². The van der Waals surface area contributed by atoms with Gasteiger partial charge in [-0.1, -0.05) is 17.7 Å². The molecule has 0 bridgehead atoms. The molecule has 2 aromatic carbocycles. The number of nitro benzene ring substituents is 1. The molecular formula is C17H18ClNO4S. The van der Waals surface area contributed by atoms with Gasteiger partial charge < -0.3 is 9.47 Å². The fraction of sp³-hybridized carbons (Fsp3) is 0.294. The van der Waals surface area contributed by atoms with Gasteiger partial charge >= 0.3 is 5.69 Å². The van der Waals surface area contributed by atoms with Crippen LogP contribution in [0.3, 0.4) is 0 Å². The predicted molar refractivity (Wildman–Crippen MR) is 96.1 cm³/mol. The number of halogens is 1. The van der Waals surface area contributed by atoms with Gasteiger partial charge in [-0.3, -0.25) is 10.1 Å². The Labute approximate surface area is 150 Å². The lowest BCUT2D eigenvalue weighted by molar-refractivity contribution is -0.386. The zero-order valence-corrected chi connectivity index (χ0v) is 14.8. The number of aryl methyl sites for hydroxylation is 1. The van der Waals surface area contributed by atoms with Gasteiger partial charge in [-0.05, 0) is 54.5 Å². The van der Waals surface area contributed by atoms with E-state index in [0.29, 0.717) is 0 Å². The van der Waals surface area contributed by atoms with E-state index in [2.05, 4.69) is 0 Å². The Hall–Kier alpha value is -1.76. The van der Waals surface area contributed by atoms with E-state index >= 15 is 0 Å². The van der Waals surface area contributed by atoms with Gasteiger partial charge in [0, 0.05) is 23.1 Å². The van der Waals surface area contributed by atoms with Crippen LogP contribution in [0.1, 0.15) is 12.0 Å². The zero-order chi connectivity index (χ0) is 17.4. The lowest BCUT2D eigenvalue weighted by Crippen LogP contribution is -2.02. The Morgan fingerprint density at radius 2 is 1.96 bits per heavy atom. The largest absolute Gasteiger partial charge is 0.460 e. The summed E-state index contributed by atoms with van der Waals surface area (Å²) >= 11 is 7.59. The number of methoxy groups -OCH3 is 1. The molecule has 7 heteroatoms. The van der Waals surface area contributed by atoms with Crippen LogP contribution in [0.15, 0.2) is 47.4 Å². The molecule has 5 nitrogen and oxygen atoms in total. The summed E-state index contributed by atoms with van der Waals surface area (Å²) in [6, 6.07) is 12.7. The molecule has 0 aliphatic heterocycles. The maximum Gasteiger partial charge on any atom is 0.311 e. The molecule has 0 atom stereocenters. The first-order valence-corrected chi connectivity index (χ1v) is 8.74. The van der Waals surface area contributed by atoms with Crippen molar-refractivity contribution >= 4 is 29.1 Å². The first-order valence-electron chi connectivity index (χ1n) is 7.37. The van der Waals surface area contributed by atoms with Gasteiger partial charge in [-0.25, -0.2) is 0 Å². The molecule has 0 spiro atoms. The number of benzene rings is 2. The first-order chi connectivity index (χ1) is 11.6. The molecule has 0 saturated heterocycles. The number of nitrogens with zero attached hydrogens (tertiary/aromatic N) is 1. The molecule has 0 fully saturated rings. The third-order valence-electron chi connectivity index (χ3n) is 3.24. The molecule has 0 amide bonds. The van der Waals surface area contributed by atoms with Crippen LogP contribution < -0.4 is 4.74 Å². The van der Waals surface area contributed by atoms with E-state index in [4.69, 9.17) is 21.1 Å². The van der Waals surface area contributed by atoms with Crippen molar-refractivity contribution in [1.29, 1.82) is 0 Å². The third-order valence-corrected chi connectivity index (χ3v) is 4.59. The second kappa shape index (κ2) is 9.52. The van der Waals surface area contributed by atoms with Gasteiger partial charge in [0.05, 0.1) is 4.92 Å². The number of hydrogen-bond acceptors (Lipinski definition) is 5. The fourth-order valence-electron chi connectivity index (χ4n) is 2.10. The van der Waals surface area contributed by atoms with Crippen LogP contribution in [0.25, 0.3) is 0 Å². The standard InChI is InChI=1S/C17H18ClNO4S/c1-22-12-23-17-9-4-13(11-16(17)19(20)21)3-2-10-24-15-7-5-14(18)6-8-15/h4-9,11H,2-3,10,12H2,1H3. The van der Waals surface area contributed by atoms with Gasteiger partial charge in [0.2, 0.25) is 0 Å². The molecule has 128 valence electrons. The lowest BCUT2D eigenvalue weighted by atomic mass is 10.1. The Morgan fingerprint density at radius 1 is 1.21 bits per heavy atom. The Morgan fingerprint density at radius 3 is 2.62 bits per heavy atom. The number of nitro groups is 1. The van der Waals surface area contributed by atoms with Crippen molar-refractivity contribution in [2.75, 3.05) is 19.7 Å². The minimum absolute atomic E-state index is 0.0160. The van der Waals surface area contributed by atoms with E-state index in [9.17, 15) is 10.1 Å². The summed E-state index contributed by atoms with van der Waals surface area (Å²) < 4.78 is 10.0. The number of ether oxygens (including phenoxy) is 2. The van der Waals surface area contributed by atoms with Crippen molar-refractivity contribution in [2.45, 2.75) is 17.7 Å². The van der Waals surface area contributed by atoms with Crippen LogP contribution in [0.2, 0.25) is 5.02 Å². The molecule has 2 rings (SSSR count). The summed E-state index contributed by atoms with van der Waals surface area (Å²) in [7, 11) is 1.47. The average molecular weight is 368 g/mol. The first kappa shape index (κ1) is 18.6. The van der Waals surface area contributed by atoms with E-state index in [1.54, 1.807) is 23.9 Å². The number of rotatable bonds is 9. The third kappa shape index (κ3) is 5.70. The molecule has 0 saturated carbocycles. The maximum atomic E-state index is 11.1. The smallest absolute Gasteiger partial charge is 0.311 e. The van der Waals surface area contributed by atoms with Crippen molar-refractivity contribution in [3.63, 3.8) is 0 Å². The normalized spacial score (nSPS) is 10.6. The van der Waals surface area contributed by atoms with E-state index in [-0.39, 0.29) is 18.2 Å². The van der Waals surface area contributed by atoms with E-state index in [1.807, 2.05) is 30.3 Å². The Bertz CT molecular complexity index is 679. The topological polar surface area (TPSA) is 61.6 Å². The van der Waals surface area contributed by atoms with Crippen molar-refractivity contribution < 1.29 is 14.4 Å². The van der Waals surface area contributed by atoms with Crippen LogP contribution >= 0.6 is 23.4 Å².